The van der Waals surface area contributed by atoms with E-state index < -0.39 is 0 Å². The van der Waals surface area contributed by atoms with Gasteiger partial charge in [0.15, 0.2) is 0 Å². The van der Waals surface area contributed by atoms with Gasteiger partial charge in [0.05, 0.1) is 0 Å². The molecule has 0 unspecified atom stereocenters. The molecule has 0 amide bonds. The van der Waals surface area contributed by atoms with Crippen molar-refractivity contribution in [3.8, 4) is 0 Å². The Morgan fingerprint density at radius 3 is 2.94 bits per heavy atom. The Bertz CT molecular complexity index is 350. The zero-order valence-corrected chi connectivity index (χ0v) is 11.3. The van der Waals surface area contributed by atoms with Gasteiger partial charge in [0.25, 0.3) is 0 Å². The molecule has 1 N–H and O–H groups in total. The third-order valence-corrected chi connectivity index (χ3v) is 3.18. The minimum absolute atomic E-state index is 0.875. The van der Waals surface area contributed by atoms with E-state index >= 15 is 0 Å². The van der Waals surface area contributed by atoms with Crippen molar-refractivity contribution in [2.75, 3.05) is 11.9 Å². The van der Waals surface area contributed by atoms with E-state index in [-0.39, 0.29) is 0 Å². The number of anilines is 1. The van der Waals surface area contributed by atoms with E-state index in [1.54, 1.807) is 0 Å². The third-order valence-electron chi connectivity index (χ3n) is 2.77. The normalized spacial score (nSPS) is 15.1. The molecule has 0 bridgehead atoms. The van der Waals surface area contributed by atoms with Gasteiger partial charge < -0.3 is 5.32 Å². The molecule has 0 radical (unpaired) electrons. The first-order valence-electron chi connectivity index (χ1n) is 6.05. The fraction of sp³-hybridized carbons (Fsp3) is 0.667. The van der Waals surface area contributed by atoms with Gasteiger partial charge in [0, 0.05) is 19.0 Å². The fourth-order valence-electron chi connectivity index (χ4n) is 1.70. The molecule has 3 nitrogen and oxygen atoms in total. The van der Waals surface area contributed by atoms with Crippen LogP contribution >= 0.6 is 15.9 Å². The average molecular weight is 284 g/mol. The predicted molar refractivity (Wildman–Crippen MR) is 69.6 cm³/mol. The first-order chi connectivity index (χ1) is 7.78. The highest BCUT2D eigenvalue weighted by Crippen LogP contribution is 2.32. The fourth-order valence-corrected chi connectivity index (χ4v) is 2.12. The lowest BCUT2D eigenvalue weighted by Crippen LogP contribution is -2.06. The third kappa shape index (κ3) is 3.74. The van der Waals surface area contributed by atoms with E-state index in [4.69, 9.17) is 0 Å². The van der Waals surface area contributed by atoms with E-state index in [1.165, 1.54) is 19.3 Å². The lowest BCUT2D eigenvalue weighted by Gasteiger charge is -2.07. The molecule has 1 aliphatic rings. The summed E-state index contributed by atoms with van der Waals surface area (Å²) in [4.78, 5) is 8.83. The molecule has 1 aromatic heterocycles. The monoisotopic (exact) mass is 283 g/mol. The van der Waals surface area contributed by atoms with Crippen molar-refractivity contribution in [3.63, 3.8) is 0 Å². The average Bonchev–Trinajstić information content (AvgIpc) is 3.01. The number of rotatable bonds is 6. The Hall–Kier alpha value is -0.640. The molecule has 0 aromatic carbocycles. The lowest BCUT2D eigenvalue weighted by molar-refractivity contribution is 0.755. The summed E-state index contributed by atoms with van der Waals surface area (Å²) < 4.78 is 0.875. The smallest absolute Gasteiger partial charge is 0.132 e. The maximum Gasteiger partial charge on any atom is 0.132 e. The summed E-state index contributed by atoms with van der Waals surface area (Å²) in [5, 5.41) is 3.37. The molecule has 1 saturated carbocycles. The van der Waals surface area contributed by atoms with Gasteiger partial charge in [-0.15, -0.1) is 0 Å². The maximum absolute atomic E-state index is 4.49. The van der Waals surface area contributed by atoms with Crippen LogP contribution in [0.15, 0.2) is 10.7 Å². The van der Waals surface area contributed by atoms with Gasteiger partial charge >= 0.3 is 0 Å². The van der Waals surface area contributed by atoms with Crippen LogP contribution in [0.1, 0.15) is 38.4 Å². The molecule has 1 aliphatic carbocycles. The number of hydrogen-bond donors (Lipinski definition) is 1. The Morgan fingerprint density at radius 2 is 2.25 bits per heavy atom. The highest BCUT2D eigenvalue weighted by Gasteiger charge is 2.20. The van der Waals surface area contributed by atoms with Crippen molar-refractivity contribution >= 4 is 21.7 Å². The summed E-state index contributed by atoms with van der Waals surface area (Å²) in [6.07, 6.45) is 6.12. The van der Waals surface area contributed by atoms with Gasteiger partial charge in [-0.1, -0.05) is 19.8 Å². The molecule has 0 spiro atoms. The molecule has 1 aromatic rings. The highest BCUT2D eigenvalue weighted by molar-refractivity contribution is 9.10. The van der Waals surface area contributed by atoms with Crippen LogP contribution in [-0.4, -0.2) is 16.5 Å². The van der Waals surface area contributed by atoms with Crippen molar-refractivity contribution in [2.45, 2.75) is 39.0 Å². The van der Waals surface area contributed by atoms with Crippen molar-refractivity contribution in [3.05, 3.63) is 16.5 Å². The Morgan fingerprint density at radius 1 is 1.44 bits per heavy atom. The van der Waals surface area contributed by atoms with Gasteiger partial charge in [-0.3, -0.25) is 0 Å². The van der Waals surface area contributed by atoms with E-state index in [9.17, 15) is 0 Å². The molecule has 1 heterocycles. The van der Waals surface area contributed by atoms with Crippen molar-refractivity contribution in [1.82, 2.24) is 9.97 Å². The summed E-state index contributed by atoms with van der Waals surface area (Å²) in [5.74, 6) is 2.84. The predicted octanol–water partition coefficient (Wildman–Crippen LogP) is 3.40. The lowest BCUT2D eigenvalue weighted by atomic mass is 10.3. The van der Waals surface area contributed by atoms with Crippen LogP contribution in [0.2, 0.25) is 0 Å². The maximum atomic E-state index is 4.49. The van der Waals surface area contributed by atoms with Gasteiger partial charge in [-0.05, 0) is 34.7 Å². The second kappa shape index (κ2) is 5.62. The molecule has 2 rings (SSSR count). The molecule has 0 aliphatic heterocycles. The number of nitrogens with zero attached hydrogens (tertiary/aromatic N) is 2. The van der Waals surface area contributed by atoms with Crippen LogP contribution in [-0.2, 0) is 6.42 Å². The minimum Gasteiger partial charge on any atom is -0.370 e. The van der Waals surface area contributed by atoms with Crippen LogP contribution < -0.4 is 5.32 Å². The quantitative estimate of drug-likeness (QED) is 0.813. The standard InChI is InChI=1S/C12H18BrN3/c1-2-3-11-15-10(13)8-12(16-11)14-7-6-9-4-5-9/h8-9H,2-7H2,1H3,(H,14,15,16). The number of nitrogens with one attached hydrogen (secondary N) is 1. The number of halogens is 1. The van der Waals surface area contributed by atoms with E-state index in [1.807, 2.05) is 6.07 Å². The first-order valence-corrected chi connectivity index (χ1v) is 6.84. The minimum atomic E-state index is 0.875. The summed E-state index contributed by atoms with van der Waals surface area (Å²) >= 11 is 3.43. The molecule has 4 heteroatoms. The topological polar surface area (TPSA) is 37.8 Å². The second-order valence-corrected chi connectivity index (χ2v) is 5.21. The molecule has 16 heavy (non-hydrogen) atoms. The zero-order valence-electron chi connectivity index (χ0n) is 9.67. The van der Waals surface area contributed by atoms with Crippen LogP contribution in [0.5, 0.6) is 0 Å². The van der Waals surface area contributed by atoms with Crippen LogP contribution in [0.4, 0.5) is 5.82 Å². The first kappa shape index (κ1) is 11.8. The molecule has 88 valence electrons. The summed E-state index contributed by atoms with van der Waals surface area (Å²) in [7, 11) is 0. The Labute approximate surface area is 105 Å². The largest absolute Gasteiger partial charge is 0.370 e. The van der Waals surface area contributed by atoms with Crippen molar-refractivity contribution in [2.24, 2.45) is 5.92 Å². The summed E-state index contributed by atoms with van der Waals surface area (Å²) in [6.45, 7) is 3.17. The number of hydrogen-bond acceptors (Lipinski definition) is 3. The molecule has 0 atom stereocenters. The Kier molecular flexibility index (Phi) is 4.16. The molecule has 1 fully saturated rings. The van der Waals surface area contributed by atoms with Gasteiger partial charge in [0.1, 0.15) is 16.2 Å². The van der Waals surface area contributed by atoms with E-state index in [0.29, 0.717) is 0 Å². The second-order valence-electron chi connectivity index (χ2n) is 4.40. The molecule has 0 saturated heterocycles. The van der Waals surface area contributed by atoms with Gasteiger partial charge in [0.2, 0.25) is 0 Å². The van der Waals surface area contributed by atoms with Crippen LogP contribution in [0.3, 0.4) is 0 Å². The van der Waals surface area contributed by atoms with Gasteiger partial charge in [-0.25, -0.2) is 9.97 Å². The number of aromatic nitrogens is 2. The van der Waals surface area contributed by atoms with Crippen molar-refractivity contribution < 1.29 is 0 Å². The highest BCUT2D eigenvalue weighted by atomic mass is 79.9. The number of aryl methyl sites for hydroxylation is 1. The molecular formula is C12H18BrN3. The van der Waals surface area contributed by atoms with Crippen molar-refractivity contribution in [1.29, 1.82) is 0 Å². The van der Waals surface area contributed by atoms with Crippen LogP contribution in [0, 0.1) is 5.92 Å². The Balaban J connectivity index is 1.90. The summed E-state index contributed by atoms with van der Waals surface area (Å²) in [6, 6.07) is 1.95. The van der Waals surface area contributed by atoms with E-state index in [2.05, 4.69) is 38.1 Å². The van der Waals surface area contributed by atoms with E-state index in [0.717, 1.165) is 41.5 Å². The summed E-state index contributed by atoms with van der Waals surface area (Å²) in [5.41, 5.74) is 0. The zero-order chi connectivity index (χ0) is 11.4. The van der Waals surface area contributed by atoms with Gasteiger partial charge in [-0.2, -0.15) is 0 Å². The van der Waals surface area contributed by atoms with Crippen LogP contribution in [0.25, 0.3) is 0 Å². The molecular weight excluding hydrogens is 266 g/mol. The SMILES string of the molecule is CCCc1nc(Br)cc(NCCC2CC2)n1.